The van der Waals surface area contributed by atoms with Gasteiger partial charge in [-0.05, 0) is 37.5 Å². The molecule has 1 aromatic carbocycles. The summed E-state index contributed by atoms with van der Waals surface area (Å²) < 4.78 is 0. The number of nitrogens with zero attached hydrogens (tertiary/aromatic N) is 2. The number of nitro benzene ring substituents is 1. The zero-order valence-electron chi connectivity index (χ0n) is 11.4. The molecule has 19 heavy (non-hydrogen) atoms. The van der Waals surface area contributed by atoms with Crippen LogP contribution in [0.1, 0.15) is 18.9 Å². The maximum atomic E-state index is 10.9. The number of anilines is 1. The van der Waals surface area contributed by atoms with Gasteiger partial charge in [0.25, 0.3) is 5.69 Å². The van der Waals surface area contributed by atoms with E-state index in [-0.39, 0.29) is 10.6 Å². The number of nitro groups is 1. The Hall–Kier alpha value is -0.750. The Morgan fingerprint density at radius 3 is 2.74 bits per heavy atom. The Morgan fingerprint density at radius 1 is 1.53 bits per heavy atom. The molecule has 0 aliphatic heterocycles. The summed E-state index contributed by atoms with van der Waals surface area (Å²) in [6, 6.07) is 5.71. The second-order valence-corrected chi connectivity index (χ2v) is 5.99. The van der Waals surface area contributed by atoms with Crippen molar-refractivity contribution in [3.8, 4) is 0 Å². The fraction of sp³-hybridized carbons (Fsp3) is 0.538. The molecule has 0 aliphatic rings. The molecule has 0 amide bonds. The van der Waals surface area contributed by atoms with E-state index in [0.717, 1.165) is 17.9 Å². The summed E-state index contributed by atoms with van der Waals surface area (Å²) in [4.78, 5) is 12.7. The first-order chi connectivity index (χ1) is 9.01. The van der Waals surface area contributed by atoms with E-state index in [1.807, 2.05) is 30.9 Å². The largest absolute Gasteiger partial charge is 0.372 e. The van der Waals surface area contributed by atoms with Crippen LogP contribution in [0, 0.1) is 10.1 Å². The normalized spacial score (nSPS) is 12.2. The van der Waals surface area contributed by atoms with Crippen LogP contribution in [0.4, 0.5) is 11.4 Å². The van der Waals surface area contributed by atoms with Crippen LogP contribution in [-0.2, 0) is 5.33 Å². The molecule has 0 aliphatic carbocycles. The molecule has 0 N–H and O–H groups in total. The second-order valence-electron chi connectivity index (χ2n) is 4.45. The molecule has 4 nitrogen and oxygen atoms in total. The summed E-state index contributed by atoms with van der Waals surface area (Å²) >= 11 is 5.15. The second kappa shape index (κ2) is 7.75. The summed E-state index contributed by atoms with van der Waals surface area (Å²) in [6.07, 6.45) is 3.19. The maximum absolute atomic E-state index is 10.9. The smallest absolute Gasteiger partial charge is 0.273 e. The van der Waals surface area contributed by atoms with Crippen molar-refractivity contribution in [2.75, 3.05) is 24.0 Å². The standard InChI is InChI=1S/C13H19BrN2O2S/c1-10(6-7-19-3)15(2)12-4-5-13(16(17)18)11(8-12)9-14/h4-5,8,10H,6-7,9H2,1-3H3. The number of hydrogen-bond donors (Lipinski definition) is 0. The van der Waals surface area contributed by atoms with Crippen molar-refractivity contribution in [3.63, 3.8) is 0 Å². The van der Waals surface area contributed by atoms with Gasteiger partial charge in [-0.25, -0.2) is 0 Å². The minimum atomic E-state index is -0.336. The summed E-state index contributed by atoms with van der Waals surface area (Å²) in [5, 5.41) is 11.4. The fourth-order valence-corrected chi connectivity index (χ4v) is 2.84. The lowest BCUT2D eigenvalue weighted by Gasteiger charge is -2.27. The third kappa shape index (κ3) is 4.38. The molecular weight excluding hydrogens is 328 g/mol. The van der Waals surface area contributed by atoms with Crippen LogP contribution in [0.3, 0.4) is 0 Å². The molecule has 0 spiro atoms. The molecule has 106 valence electrons. The van der Waals surface area contributed by atoms with Gasteiger partial charge in [0.15, 0.2) is 0 Å². The van der Waals surface area contributed by atoms with Crippen LogP contribution in [0.25, 0.3) is 0 Å². The highest BCUT2D eigenvalue weighted by atomic mass is 79.9. The van der Waals surface area contributed by atoms with Crippen molar-refractivity contribution in [1.82, 2.24) is 0 Å². The van der Waals surface area contributed by atoms with Crippen LogP contribution < -0.4 is 4.90 Å². The zero-order valence-corrected chi connectivity index (χ0v) is 13.8. The predicted octanol–water partition coefficient (Wildman–Crippen LogP) is 4.07. The van der Waals surface area contributed by atoms with E-state index in [1.54, 1.807) is 6.07 Å². The summed E-state index contributed by atoms with van der Waals surface area (Å²) in [7, 11) is 2.03. The molecule has 0 saturated carbocycles. The van der Waals surface area contributed by atoms with Gasteiger partial charge in [-0.3, -0.25) is 10.1 Å². The fourth-order valence-electron chi connectivity index (χ4n) is 1.81. The maximum Gasteiger partial charge on any atom is 0.273 e. The van der Waals surface area contributed by atoms with Gasteiger partial charge in [-0.15, -0.1) is 0 Å². The molecule has 1 aromatic rings. The van der Waals surface area contributed by atoms with Gasteiger partial charge >= 0.3 is 0 Å². The Bertz CT molecular complexity index is 443. The first-order valence-electron chi connectivity index (χ1n) is 6.06. The highest BCUT2D eigenvalue weighted by Gasteiger charge is 2.16. The summed E-state index contributed by atoms with van der Waals surface area (Å²) in [6.45, 7) is 2.17. The number of halogens is 1. The Labute approximate surface area is 126 Å². The number of thioether (sulfide) groups is 1. The Balaban J connectivity index is 2.92. The first kappa shape index (κ1) is 16.3. The quantitative estimate of drug-likeness (QED) is 0.424. The molecule has 0 saturated heterocycles. The zero-order chi connectivity index (χ0) is 14.4. The van der Waals surface area contributed by atoms with Crippen molar-refractivity contribution in [3.05, 3.63) is 33.9 Å². The van der Waals surface area contributed by atoms with Crippen LogP contribution >= 0.6 is 27.7 Å². The van der Waals surface area contributed by atoms with Gasteiger partial charge in [0.1, 0.15) is 0 Å². The van der Waals surface area contributed by atoms with Gasteiger partial charge in [0.05, 0.1) is 4.92 Å². The molecule has 0 radical (unpaired) electrons. The average Bonchev–Trinajstić information content (AvgIpc) is 2.42. The van der Waals surface area contributed by atoms with Crippen molar-refractivity contribution >= 4 is 39.1 Å². The molecule has 1 rings (SSSR count). The third-order valence-corrected chi connectivity index (χ3v) is 4.46. The average molecular weight is 347 g/mol. The van der Waals surface area contributed by atoms with Crippen molar-refractivity contribution < 1.29 is 4.92 Å². The van der Waals surface area contributed by atoms with E-state index in [0.29, 0.717) is 16.9 Å². The van der Waals surface area contributed by atoms with Crippen LogP contribution in [0.15, 0.2) is 18.2 Å². The Kier molecular flexibility index (Phi) is 6.65. The highest BCUT2D eigenvalue weighted by molar-refractivity contribution is 9.08. The van der Waals surface area contributed by atoms with Gasteiger partial charge in [-0.2, -0.15) is 11.8 Å². The van der Waals surface area contributed by atoms with Crippen LogP contribution in [-0.4, -0.2) is 30.0 Å². The monoisotopic (exact) mass is 346 g/mol. The summed E-state index contributed by atoms with van der Waals surface area (Å²) in [5.74, 6) is 1.11. The van der Waals surface area contributed by atoms with Gasteiger partial charge in [-0.1, -0.05) is 15.9 Å². The van der Waals surface area contributed by atoms with Crippen LogP contribution in [0.5, 0.6) is 0 Å². The molecule has 0 fully saturated rings. The number of hydrogen-bond acceptors (Lipinski definition) is 4. The van der Waals surface area contributed by atoms with Crippen molar-refractivity contribution in [2.24, 2.45) is 0 Å². The van der Waals surface area contributed by atoms with Crippen molar-refractivity contribution in [1.29, 1.82) is 0 Å². The van der Waals surface area contributed by atoms with E-state index >= 15 is 0 Å². The topological polar surface area (TPSA) is 46.4 Å². The highest BCUT2D eigenvalue weighted by Crippen LogP contribution is 2.27. The lowest BCUT2D eigenvalue weighted by molar-refractivity contribution is -0.385. The van der Waals surface area contributed by atoms with E-state index in [4.69, 9.17) is 0 Å². The molecule has 0 aromatic heterocycles. The summed E-state index contributed by atoms with van der Waals surface area (Å²) in [5.41, 5.74) is 1.91. The van der Waals surface area contributed by atoms with E-state index in [9.17, 15) is 10.1 Å². The van der Waals surface area contributed by atoms with Gasteiger partial charge < -0.3 is 4.90 Å². The van der Waals surface area contributed by atoms with E-state index in [2.05, 4.69) is 34.0 Å². The molecule has 0 heterocycles. The molecule has 6 heteroatoms. The van der Waals surface area contributed by atoms with Crippen LogP contribution in [0.2, 0.25) is 0 Å². The number of rotatable bonds is 7. The first-order valence-corrected chi connectivity index (χ1v) is 8.57. The number of benzene rings is 1. The third-order valence-electron chi connectivity index (χ3n) is 3.21. The molecule has 0 bridgehead atoms. The SMILES string of the molecule is CSCCC(C)N(C)c1ccc([N+](=O)[O-])c(CBr)c1. The van der Waals surface area contributed by atoms with E-state index in [1.165, 1.54) is 0 Å². The Morgan fingerprint density at radius 2 is 2.21 bits per heavy atom. The van der Waals surface area contributed by atoms with Gasteiger partial charge in [0.2, 0.25) is 0 Å². The van der Waals surface area contributed by atoms with Crippen molar-refractivity contribution in [2.45, 2.75) is 24.7 Å². The van der Waals surface area contributed by atoms with E-state index < -0.39 is 0 Å². The lowest BCUT2D eigenvalue weighted by atomic mass is 10.1. The molecule has 1 unspecified atom stereocenters. The number of alkyl halides is 1. The van der Waals surface area contributed by atoms with Gasteiger partial charge in [0, 0.05) is 35.7 Å². The predicted molar refractivity (Wildman–Crippen MR) is 86.6 cm³/mol. The lowest BCUT2D eigenvalue weighted by Crippen LogP contribution is -2.29. The molecular formula is C13H19BrN2O2S. The minimum Gasteiger partial charge on any atom is -0.372 e. The molecule has 1 atom stereocenters. The minimum absolute atomic E-state index is 0.172.